The molecule has 122 valence electrons. The van der Waals surface area contributed by atoms with Gasteiger partial charge in [-0.25, -0.2) is 8.42 Å². The summed E-state index contributed by atoms with van der Waals surface area (Å²) in [6, 6.07) is 8.73. The molecular weight excluding hydrogens is 314 g/mol. The van der Waals surface area contributed by atoms with Gasteiger partial charge in [-0.1, -0.05) is 30.3 Å². The molecule has 0 aliphatic heterocycles. The minimum absolute atomic E-state index is 0.151. The molecule has 0 saturated carbocycles. The van der Waals surface area contributed by atoms with Crippen molar-refractivity contribution in [2.45, 2.75) is 26.5 Å². The lowest BCUT2D eigenvalue weighted by Crippen LogP contribution is -2.19. The fourth-order valence-corrected chi connectivity index (χ4v) is 4.05. The Labute approximate surface area is 135 Å². The first-order chi connectivity index (χ1) is 10.7. The highest BCUT2D eigenvalue weighted by atomic mass is 32.2. The summed E-state index contributed by atoms with van der Waals surface area (Å²) in [4.78, 5) is 26.8. The van der Waals surface area contributed by atoms with E-state index in [0.717, 1.165) is 0 Å². The second-order valence-electron chi connectivity index (χ2n) is 5.62. The topological polar surface area (TPSA) is 84.1 Å². The van der Waals surface area contributed by atoms with E-state index in [-0.39, 0.29) is 17.2 Å². The monoisotopic (exact) mass is 333 g/mol. The molecule has 0 fully saturated rings. The predicted octanol–water partition coefficient (Wildman–Crippen LogP) is 2.63. The van der Waals surface area contributed by atoms with Crippen molar-refractivity contribution >= 4 is 21.4 Å². The van der Waals surface area contributed by atoms with Crippen LogP contribution in [-0.4, -0.2) is 30.7 Å². The summed E-state index contributed by atoms with van der Waals surface area (Å²) in [6.45, 7) is 4.76. The number of aryl methyl sites for hydroxylation is 1. The van der Waals surface area contributed by atoms with Gasteiger partial charge in [0.2, 0.25) is 0 Å². The van der Waals surface area contributed by atoms with E-state index >= 15 is 0 Å². The van der Waals surface area contributed by atoms with Gasteiger partial charge in [-0.05, 0) is 31.9 Å². The van der Waals surface area contributed by atoms with E-state index in [9.17, 15) is 18.0 Å². The van der Waals surface area contributed by atoms with Gasteiger partial charge in [0.1, 0.15) is 5.75 Å². The first-order valence-electron chi connectivity index (χ1n) is 7.19. The largest absolute Gasteiger partial charge is 0.355 e. The van der Waals surface area contributed by atoms with E-state index in [0.29, 0.717) is 22.4 Å². The maximum absolute atomic E-state index is 12.3. The number of aromatic nitrogens is 1. The van der Waals surface area contributed by atoms with Crippen molar-refractivity contribution in [2.75, 3.05) is 5.75 Å². The normalized spacial score (nSPS) is 11.4. The van der Waals surface area contributed by atoms with E-state index in [2.05, 4.69) is 4.98 Å². The predicted molar refractivity (Wildman–Crippen MR) is 88.5 cm³/mol. The van der Waals surface area contributed by atoms with Crippen LogP contribution in [0.2, 0.25) is 0 Å². The fraction of sp³-hybridized carbons (Fsp3) is 0.294. The van der Waals surface area contributed by atoms with E-state index in [1.807, 2.05) is 0 Å². The number of Topliss-reactive ketones (excluding diaryl/α,β-unsaturated/α-hetero) is 2. The van der Waals surface area contributed by atoms with E-state index in [1.165, 1.54) is 6.92 Å². The molecule has 0 aliphatic carbocycles. The Hall–Kier alpha value is -2.21. The molecule has 6 heteroatoms. The van der Waals surface area contributed by atoms with Crippen LogP contribution in [0.25, 0.3) is 0 Å². The number of carbonyl (C=O) groups excluding carboxylic acids is 2. The van der Waals surface area contributed by atoms with E-state index in [1.54, 1.807) is 44.2 Å². The number of hydrogen-bond acceptors (Lipinski definition) is 4. The summed E-state index contributed by atoms with van der Waals surface area (Å²) >= 11 is 0. The number of rotatable bonds is 6. The lowest BCUT2D eigenvalue weighted by Gasteiger charge is -2.04. The van der Waals surface area contributed by atoms with Crippen LogP contribution in [0, 0.1) is 13.8 Å². The van der Waals surface area contributed by atoms with Crippen molar-refractivity contribution in [3.63, 3.8) is 0 Å². The molecule has 2 rings (SSSR count). The van der Waals surface area contributed by atoms with Crippen molar-refractivity contribution < 1.29 is 18.0 Å². The van der Waals surface area contributed by atoms with Crippen molar-refractivity contribution in [1.29, 1.82) is 0 Å². The van der Waals surface area contributed by atoms with Crippen LogP contribution >= 0.6 is 0 Å². The molecule has 0 aliphatic rings. The first kappa shape index (κ1) is 17.1. The minimum atomic E-state index is -3.58. The third-order valence-electron chi connectivity index (χ3n) is 3.65. The molecule has 5 nitrogen and oxygen atoms in total. The van der Waals surface area contributed by atoms with Crippen LogP contribution in [0.3, 0.4) is 0 Å². The Bertz CT molecular complexity index is 848. The van der Waals surface area contributed by atoms with Crippen LogP contribution in [0.5, 0.6) is 0 Å². The van der Waals surface area contributed by atoms with Gasteiger partial charge in [0.15, 0.2) is 21.4 Å². The number of ketones is 2. The number of nitrogens with one attached hydrogen (secondary N) is 1. The highest BCUT2D eigenvalue weighted by molar-refractivity contribution is 7.91. The maximum atomic E-state index is 12.3. The summed E-state index contributed by atoms with van der Waals surface area (Å²) in [5.41, 5.74) is 2.39. The third kappa shape index (κ3) is 3.96. The molecule has 23 heavy (non-hydrogen) atoms. The lowest BCUT2D eigenvalue weighted by atomic mass is 10.1. The van der Waals surface area contributed by atoms with Gasteiger partial charge in [-0.15, -0.1) is 0 Å². The number of benzene rings is 1. The SMILES string of the molecule is CC(=O)c1c(C)[nH]c(C(=O)CS(=O)(=O)Cc2ccccc2)c1C. The van der Waals surface area contributed by atoms with Crippen LogP contribution in [0.15, 0.2) is 30.3 Å². The molecule has 0 saturated heterocycles. The summed E-state index contributed by atoms with van der Waals surface area (Å²) in [5.74, 6) is -1.44. The Balaban J connectivity index is 2.22. The van der Waals surface area contributed by atoms with Gasteiger partial charge in [-0.2, -0.15) is 0 Å². The lowest BCUT2D eigenvalue weighted by molar-refractivity contribution is 0.101. The molecule has 0 bridgehead atoms. The Kier molecular flexibility index (Phi) is 4.85. The third-order valence-corrected chi connectivity index (χ3v) is 5.12. The first-order valence-corrected chi connectivity index (χ1v) is 9.01. The molecule has 1 heterocycles. The molecule has 1 N–H and O–H groups in total. The van der Waals surface area contributed by atoms with Gasteiger partial charge in [-0.3, -0.25) is 9.59 Å². The molecule has 0 spiro atoms. The molecule has 1 aromatic carbocycles. The molecular formula is C17H19NO4S. The average Bonchev–Trinajstić information content (AvgIpc) is 2.74. The molecule has 2 aromatic rings. The van der Waals surface area contributed by atoms with E-state index in [4.69, 9.17) is 0 Å². The zero-order valence-electron chi connectivity index (χ0n) is 13.3. The van der Waals surface area contributed by atoms with Crippen LogP contribution in [-0.2, 0) is 15.6 Å². The number of sulfone groups is 1. The fourth-order valence-electron chi connectivity index (χ4n) is 2.71. The number of carbonyl (C=O) groups is 2. The summed E-state index contributed by atoms with van der Waals surface area (Å²) in [5, 5.41) is 0. The van der Waals surface area contributed by atoms with Crippen LogP contribution < -0.4 is 0 Å². The summed E-state index contributed by atoms with van der Waals surface area (Å²) < 4.78 is 24.4. The van der Waals surface area contributed by atoms with Gasteiger partial charge in [0, 0.05) is 11.3 Å². The zero-order valence-corrected chi connectivity index (χ0v) is 14.2. The highest BCUT2D eigenvalue weighted by Crippen LogP contribution is 2.20. The standard InChI is InChI=1S/C17H19NO4S/c1-11-16(13(3)19)12(2)18-17(11)15(20)10-23(21,22)9-14-7-5-4-6-8-14/h4-8,18H,9-10H2,1-3H3. The van der Waals surface area contributed by atoms with Gasteiger partial charge >= 0.3 is 0 Å². The minimum Gasteiger partial charge on any atom is -0.355 e. The Morgan fingerprint density at radius 3 is 2.22 bits per heavy atom. The molecule has 0 atom stereocenters. The van der Waals surface area contributed by atoms with Crippen LogP contribution in [0.4, 0.5) is 0 Å². The smallest absolute Gasteiger partial charge is 0.194 e. The summed E-state index contributed by atoms with van der Waals surface area (Å²) in [6.07, 6.45) is 0. The van der Waals surface area contributed by atoms with Crippen molar-refractivity contribution in [3.05, 3.63) is 58.4 Å². The van der Waals surface area contributed by atoms with Gasteiger partial charge in [0.25, 0.3) is 0 Å². The second kappa shape index (κ2) is 6.50. The van der Waals surface area contributed by atoms with Crippen molar-refractivity contribution in [2.24, 2.45) is 0 Å². The quantitative estimate of drug-likeness (QED) is 0.824. The van der Waals surface area contributed by atoms with Gasteiger partial charge < -0.3 is 4.98 Å². The maximum Gasteiger partial charge on any atom is 0.194 e. The molecule has 1 aromatic heterocycles. The zero-order chi connectivity index (χ0) is 17.2. The molecule has 0 radical (unpaired) electrons. The summed E-state index contributed by atoms with van der Waals surface area (Å²) in [7, 11) is -3.58. The molecule has 0 amide bonds. The second-order valence-corrected chi connectivity index (χ2v) is 7.69. The number of aromatic amines is 1. The van der Waals surface area contributed by atoms with Crippen LogP contribution in [0.1, 0.15) is 44.6 Å². The van der Waals surface area contributed by atoms with Crippen molar-refractivity contribution in [3.8, 4) is 0 Å². The van der Waals surface area contributed by atoms with E-state index < -0.39 is 21.4 Å². The number of hydrogen-bond donors (Lipinski definition) is 1. The average molecular weight is 333 g/mol. The Morgan fingerprint density at radius 1 is 1.09 bits per heavy atom. The Morgan fingerprint density at radius 2 is 1.70 bits per heavy atom. The van der Waals surface area contributed by atoms with Gasteiger partial charge in [0.05, 0.1) is 11.4 Å². The number of H-pyrrole nitrogens is 1. The molecule has 0 unspecified atom stereocenters. The van der Waals surface area contributed by atoms with Crippen molar-refractivity contribution in [1.82, 2.24) is 4.98 Å². The highest BCUT2D eigenvalue weighted by Gasteiger charge is 2.24.